The summed E-state index contributed by atoms with van der Waals surface area (Å²) < 4.78 is 0. The fraction of sp³-hybridized carbons (Fsp3) is 0.800. The minimum absolute atomic E-state index is 0.573. The Bertz CT molecular complexity index is 125. The summed E-state index contributed by atoms with van der Waals surface area (Å²) in [5.74, 6) is -0.426. The second kappa shape index (κ2) is 2.58. The van der Waals surface area contributed by atoms with E-state index in [9.17, 15) is 9.90 Å². The van der Waals surface area contributed by atoms with Crippen LogP contribution in [0.1, 0.15) is 6.42 Å². The van der Waals surface area contributed by atoms with Gasteiger partial charge in [-0.1, -0.05) is 0 Å². The van der Waals surface area contributed by atoms with E-state index in [1.807, 2.05) is 0 Å². The topological polar surface area (TPSA) is 60.4 Å². The Kier molecular flexibility index (Phi) is 1.97. The molecular formula is C5H7O3S-. The highest BCUT2D eigenvalue weighted by molar-refractivity contribution is 8.00. The van der Waals surface area contributed by atoms with Crippen molar-refractivity contribution in [2.24, 2.45) is 0 Å². The molecule has 52 valence electrons. The van der Waals surface area contributed by atoms with Gasteiger partial charge in [-0.2, -0.15) is 0 Å². The van der Waals surface area contributed by atoms with Gasteiger partial charge in [-0.25, -0.2) is 0 Å². The number of carbonyl (C=O) groups excluding carboxylic acids is 1. The van der Waals surface area contributed by atoms with Crippen LogP contribution in [0.3, 0.4) is 0 Å². The largest absolute Gasteiger partial charge is 0.549 e. The highest BCUT2D eigenvalue weighted by atomic mass is 32.2. The van der Waals surface area contributed by atoms with Gasteiger partial charge < -0.3 is 15.0 Å². The third-order valence-corrected chi connectivity index (χ3v) is 2.63. The van der Waals surface area contributed by atoms with Crippen molar-refractivity contribution in [3.63, 3.8) is 0 Å². The molecule has 1 saturated heterocycles. The number of aliphatic carboxylic acids is 1. The van der Waals surface area contributed by atoms with Crippen LogP contribution in [-0.4, -0.2) is 28.2 Å². The van der Waals surface area contributed by atoms with Crippen LogP contribution >= 0.6 is 11.8 Å². The lowest BCUT2D eigenvalue weighted by Crippen LogP contribution is -2.38. The van der Waals surface area contributed by atoms with Gasteiger partial charge >= 0.3 is 0 Å². The number of carboxylic acid groups (broad SMARTS) is 1. The van der Waals surface area contributed by atoms with E-state index in [4.69, 9.17) is 5.11 Å². The molecule has 9 heavy (non-hydrogen) atoms. The molecule has 1 fully saturated rings. The SMILES string of the molecule is O=C([O-])C1SCCC1O. The van der Waals surface area contributed by atoms with E-state index in [2.05, 4.69) is 0 Å². The van der Waals surface area contributed by atoms with Crippen molar-refractivity contribution in [3.8, 4) is 0 Å². The van der Waals surface area contributed by atoms with Crippen molar-refractivity contribution < 1.29 is 15.0 Å². The Balaban J connectivity index is 2.49. The Morgan fingerprint density at radius 3 is 2.67 bits per heavy atom. The molecule has 0 aromatic rings. The molecule has 0 aromatic carbocycles. The van der Waals surface area contributed by atoms with Crippen LogP contribution in [0.25, 0.3) is 0 Å². The molecule has 0 bridgehead atoms. The summed E-state index contributed by atoms with van der Waals surface area (Å²) in [5, 5.41) is 18.3. The molecule has 0 aliphatic carbocycles. The molecule has 0 saturated carbocycles. The number of thioether (sulfide) groups is 1. The fourth-order valence-electron chi connectivity index (χ4n) is 0.803. The Hall–Kier alpha value is -0.220. The van der Waals surface area contributed by atoms with Crippen LogP contribution in [0.5, 0.6) is 0 Å². The van der Waals surface area contributed by atoms with E-state index < -0.39 is 17.3 Å². The summed E-state index contributed by atoms with van der Waals surface area (Å²) in [6.45, 7) is 0. The van der Waals surface area contributed by atoms with E-state index >= 15 is 0 Å². The molecule has 0 radical (unpaired) electrons. The average Bonchev–Trinajstić information content (AvgIpc) is 2.13. The molecule has 3 nitrogen and oxygen atoms in total. The first-order valence-electron chi connectivity index (χ1n) is 2.72. The highest BCUT2D eigenvalue weighted by Crippen LogP contribution is 2.25. The molecule has 0 aromatic heterocycles. The van der Waals surface area contributed by atoms with Crippen molar-refractivity contribution in [1.82, 2.24) is 0 Å². The number of hydrogen-bond acceptors (Lipinski definition) is 4. The summed E-state index contributed by atoms with van der Waals surface area (Å²) in [7, 11) is 0. The van der Waals surface area contributed by atoms with Crippen LogP contribution < -0.4 is 5.11 Å². The minimum Gasteiger partial charge on any atom is -0.549 e. The molecule has 0 amide bonds. The zero-order chi connectivity index (χ0) is 6.85. The van der Waals surface area contributed by atoms with Crippen LogP contribution in [-0.2, 0) is 4.79 Å². The second-order valence-electron chi connectivity index (χ2n) is 1.97. The first kappa shape index (κ1) is 6.89. The van der Waals surface area contributed by atoms with Crippen molar-refractivity contribution in [1.29, 1.82) is 0 Å². The van der Waals surface area contributed by atoms with Gasteiger partial charge in [0.25, 0.3) is 0 Å². The Morgan fingerprint density at radius 1 is 1.78 bits per heavy atom. The second-order valence-corrected chi connectivity index (χ2v) is 3.22. The molecule has 0 spiro atoms. The lowest BCUT2D eigenvalue weighted by atomic mass is 10.2. The predicted octanol–water partition coefficient (Wildman–Crippen LogP) is -1.40. The predicted molar refractivity (Wildman–Crippen MR) is 31.9 cm³/mol. The van der Waals surface area contributed by atoms with Crippen LogP contribution in [0, 0.1) is 0 Å². The smallest absolute Gasteiger partial charge is 0.0719 e. The molecule has 1 aliphatic heterocycles. The lowest BCUT2D eigenvalue weighted by molar-refractivity contribution is -0.306. The van der Waals surface area contributed by atoms with Crippen molar-refractivity contribution in [2.75, 3.05) is 5.75 Å². The standard InChI is InChI=1S/C5H8O3S/c6-3-1-2-9-4(3)5(7)8/h3-4,6H,1-2H2,(H,7,8)/p-1. The molecule has 1 rings (SSSR count). The summed E-state index contributed by atoms with van der Waals surface area (Å²) in [5.41, 5.74) is 0. The van der Waals surface area contributed by atoms with Gasteiger partial charge in [0.05, 0.1) is 17.3 Å². The normalized spacial score (nSPS) is 34.8. The van der Waals surface area contributed by atoms with Crippen LogP contribution in [0.2, 0.25) is 0 Å². The lowest BCUT2D eigenvalue weighted by Gasteiger charge is -2.13. The number of rotatable bonds is 1. The fourth-order valence-corrected chi connectivity index (χ4v) is 1.93. The average molecular weight is 147 g/mol. The number of aliphatic hydroxyl groups is 1. The van der Waals surface area contributed by atoms with E-state index in [0.29, 0.717) is 6.42 Å². The number of aliphatic hydroxyl groups excluding tert-OH is 1. The number of carbonyl (C=O) groups is 1. The first-order chi connectivity index (χ1) is 4.22. The van der Waals surface area contributed by atoms with Crippen molar-refractivity contribution in [2.45, 2.75) is 17.8 Å². The van der Waals surface area contributed by atoms with Gasteiger partial charge in [-0.05, 0) is 12.2 Å². The molecule has 1 heterocycles. The highest BCUT2D eigenvalue weighted by Gasteiger charge is 2.26. The summed E-state index contributed by atoms with van der Waals surface area (Å²) in [6, 6.07) is 0. The Labute approximate surface area is 57.1 Å². The number of hydrogen-bond donors (Lipinski definition) is 1. The molecule has 2 atom stereocenters. The summed E-state index contributed by atoms with van der Waals surface area (Å²) >= 11 is 1.25. The molecule has 1 N–H and O–H groups in total. The van der Waals surface area contributed by atoms with Gasteiger partial charge in [-0.15, -0.1) is 11.8 Å². The molecular weight excluding hydrogens is 140 g/mol. The Morgan fingerprint density at radius 2 is 2.44 bits per heavy atom. The van der Waals surface area contributed by atoms with E-state index in [-0.39, 0.29) is 0 Å². The van der Waals surface area contributed by atoms with Gasteiger partial charge in [0.1, 0.15) is 0 Å². The van der Waals surface area contributed by atoms with Crippen molar-refractivity contribution in [3.05, 3.63) is 0 Å². The van der Waals surface area contributed by atoms with Gasteiger partial charge in [-0.3, -0.25) is 0 Å². The third-order valence-electron chi connectivity index (χ3n) is 1.29. The van der Waals surface area contributed by atoms with Gasteiger partial charge in [0, 0.05) is 0 Å². The monoisotopic (exact) mass is 147 g/mol. The van der Waals surface area contributed by atoms with E-state index in [1.165, 1.54) is 11.8 Å². The maximum atomic E-state index is 10.1. The zero-order valence-corrected chi connectivity index (χ0v) is 5.56. The van der Waals surface area contributed by atoms with E-state index in [1.54, 1.807) is 0 Å². The van der Waals surface area contributed by atoms with Crippen molar-refractivity contribution >= 4 is 17.7 Å². The minimum atomic E-state index is -1.15. The molecule has 1 aliphatic rings. The quantitative estimate of drug-likeness (QED) is 0.495. The first-order valence-corrected chi connectivity index (χ1v) is 3.77. The van der Waals surface area contributed by atoms with Crippen LogP contribution in [0.4, 0.5) is 0 Å². The van der Waals surface area contributed by atoms with Gasteiger partial charge in [0.15, 0.2) is 0 Å². The summed E-state index contributed by atoms with van der Waals surface area (Å²) in [4.78, 5) is 10.1. The van der Waals surface area contributed by atoms with E-state index in [0.717, 1.165) is 5.75 Å². The third kappa shape index (κ3) is 1.37. The maximum Gasteiger partial charge on any atom is 0.0719 e. The maximum absolute atomic E-state index is 10.1. The molecule has 4 heteroatoms. The zero-order valence-electron chi connectivity index (χ0n) is 4.74. The van der Waals surface area contributed by atoms with Gasteiger partial charge in [0.2, 0.25) is 0 Å². The molecule has 2 unspecified atom stereocenters. The van der Waals surface area contributed by atoms with Crippen LogP contribution in [0.15, 0.2) is 0 Å². The number of carboxylic acids is 1. The summed E-state index contributed by atoms with van der Waals surface area (Å²) in [6.07, 6.45) is -0.122.